The molecule has 21 heavy (non-hydrogen) atoms. The van der Waals surface area contributed by atoms with Crippen LogP contribution in [0.15, 0.2) is 24.3 Å². The van der Waals surface area contributed by atoms with Gasteiger partial charge in [0.1, 0.15) is 5.75 Å². The summed E-state index contributed by atoms with van der Waals surface area (Å²) >= 11 is 0. The molecule has 3 N–H and O–H groups in total. The van der Waals surface area contributed by atoms with E-state index in [0.29, 0.717) is 12.3 Å². The minimum Gasteiger partial charge on any atom is -0.497 e. The number of sulfonamides is 1. The van der Waals surface area contributed by atoms with Crippen molar-refractivity contribution < 1.29 is 13.2 Å². The van der Waals surface area contributed by atoms with Crippen LogP contribution < -0.4 is 15.2 Å². The van der Waals surface area contributed by atoms with E-state index in [-0.39, 0.29) is 17.7 Å². The van der Waals surface area contributed by atoms with Crippen molar-refractivity contribution in [3.63, 3.8) is 0 Å². The number of benzene rings is 1. The summed E-state index contributed by atoms with van der Waals surface area (Å²) in [6.07, 6.45) is 4.07. The predicted octanol–water partition coefficient (Wildman–Crippen LogP) is 1.63. The first kappa shape index (κ1) is 16.3. The second-order valence-corrected chi connectivity index (χ2v) is 7.37. The molecular weight excluding hydrogens is 288 g/mol. The second-order valence-electron chi connectivity index (χ2n) is 5.62. The van der Waals surface area contributed by atoms with Gasteiger partial charge in [-0.15, -0.1) is 0 Å². The number of nitrogens with two attached hydrogens (primary N) is 1. The van der Waals surface area contributed by atoms with E-state index in [1.165, 1.54) is 0 Å². The molecule has 0 amide bonds. The Hall–Kier alpha value is -1.11. The molecule has 1 aliphatic carbocycles. The molecule has 0 bridgehead atoms. The Kier molecular flexibility index (Phi) is 5.61. The van der Waals surface area contributed by atoms with Gasteiger partial charge in [-0.3, -0.25) is 0 Å². The van der Waals surface area contributed by atoms with Crippen LogP contribution in [0.4, 0.5) is 0 Å². The lowest BCUT2D eigenvalue weighted by Crippen LogP contribution is -2.45. The summed E-state index contributed by atoms with van der Waals surface area (Å²) in [5, 5.41) is 0. The molecule has 0 spiro atoms. The molecule has 1 aromatic rings. The third-order valence-corrected chi connectivity index (χ3v) is 5.41. The Morgan fingerprint density at radius 1 is 1.33 bits per heavy atom. The van der Waals surface area contributed by atoms with Crippen molar-refractivity contribution in [3.8, 4) is 5.75 Å². The quantitative estimate of drug-likeness (QED) is 0.836. The van der Waals surface area contributed by atoms with Crippen LogP contribution in [0.2, 0.25) is 0 Å². The Balaban J connectivity index is 2.03. The van der Waals surface area contributed by atoms with Crippen molar-refractivity contribution in [2.24, 2.45) is 11.7 Å². The van der Waals surface area contributed by atoms with Crippen LogP contribution in [-0.2, 0) is 15.8 Å². The van der Waals surface area contributed by atoms with Crippen molar-refractivity contribution in [3.05, 3.63) is 29.8 Å². The zero-order valence-electron chi connectivity index (χ0n) is 12.4. The van der Waals surface area contributed by atoms with Crippen molar-refractivity contribution in [1.82, 2.24) is 4.72 Å². The zero-order chi connectivity index (χ0) is 15.3. The van der Waals surface area contributed by atoms with Crippen LogP contribution in [0, 0.1) is 5.92 Å². The summed E-state index contributed by atoms with van der Waals surface area (Å²) in [6, 6.07) is 7.12. The van der Waals surface area contributed by atoms with Crippen molar-refractivity contribution in [1.29, 1.82) is 0 Å². The van der Waals surface area contributed by atoms with E-state index in [2.05, 4.69) is 4.72 Å². The van der Waals surface area contributed by atoms with Crippen molar-refractivity contribution in [2.45, 2.75) is 37.5 Å². The number of hydrogen-bond donors (Lipinski definition) is 2. The topological polar surface area (TPSA) is 81.4 Å². The molecule has 1 aliphatic rings. The van der Waals surface area contributed by atoms with E-state index in [0.717, 1.165) is 31.2 Å². The number of nitrogens with one attached hydrogen (secondary N) is 1. The van der Waals surface area contributed by atoms with E-state index in [4.69, 9.17) is 10.5 Å². The van der Waals surface area contributed by atoms with Gasteiger partial charge >= 0.3 is 0 Å². The Labute approximate surface area is 126 Å². The summed E-state index contributed by atoms with van der Waals surface area (Å²) in [6.45, 7) is 0.534. The Morgan fingerprint density at radius 2 is 2.10 bits per heavy atom. The maximum atomic E-state index is 12.3. The molecule has 1 saturated carbocycles. The van der Waals surface area contributed by atoms with Crippen LogP contribution in [0.3, 0.4) is 0 Å². The molecule has 0 heterocycles. The summed E-state index contributed by atoms with van der Waals surface area (Å²) in [4.78, 5) is 0. The van der Waals surface area contributed by atoms with Crippen LogP contribution in [0.5, 0.6) is 5.75 Å². The fraction of sp³-hybridized carbons (Fsp3) is 0.600. The first-order valence-corrected chi connectivity index (χ1v) is 9.02. The molecule has 1 aromatic carbocycles. The SMILES string of the molecule is COc1cccc(CS(=O)(=O)N[C@@H]2CCCC[C@H]2CN)c1. The largest absolute Gasteiger partial charge is 0.497 e. The van der Waals surface area contributed by atoms with Gasteiger partial charge in [-0.2, -0.15) is 0 Å². The van der Waals surface area contributed by atoms with Gasteiger partial charge in [0.25, 0.3) is 0 Å². The van der Waals surface area contributed by atoms with Gasteiger partial charge in [-0.05, 0) is 43.0 Å². The smallest absolute Gasteiger partial charge is 0.216 e. The van der Waals surface area contributed by atoms with Crippen molar-refractivity contribution >= 4 is 10.0 Å². The molecule has 0 saturated heterocycles. The summed E-state index contributed by atoms with van der Waals surface area (Å²) in [5.41, 5.74) is 6.48. The maximum absolute atomic E-state index is 12.3. The lowest BCUT2D eigenvalue weighted by atomic mass is 9.85. The predicted molar refractivity (Wildman–Crippen MR) is 83.6 cm³/mol. The fourth-order valence-electron chi connectivity index (χ4n) is 2.90. The van der Waals surface area contributed by atoms with E-state index in [1.54, 1.807) is 31.4 Å². The average Bonchev–Trinajstić information content (AvgIpc) is 2.47. The van der Waals surface area contributed by atoms with E-state index in [9.17, 15) is 8.42 Å². The Bertz CT molecular complexity index is 560. The molecule has 2 atom stereocenters. The van der Waals surface area contributed by atoms with Crippen LogP contribution in [0.25, 0.3) is 0 Å². The molecule has 6 heteroatoms. The minimum atomic E-state index is -3.36. The van der Waals surface area contributed by atoms with Gasteiger partial charge in [-0.25, -0.2) is 13.1 Å². The summed E-state index contributed by atoms with van der Waals surface area (Å²) in [5.74, 6) is 0.886. The van der Waals surface area contributed by atoms with Gasteiger partial charge in [0, 0.05) is 6.04 Å². The monoisotopic (exact) mass is 312 g/mol. The second kappa shape index (κ2) is 7.24. The van der Waals surface area contributed by atoms with Crippen LogP contribution in [0.1, 0.15) is 31.2 Å². The maximum Gasteiger partial charge on any atom is 0.216 e. The first-order chi connectivity index (χ1) is 10.0. The van der Waals surface area contributed by atoms with Crippen LogP contribution >= 0.6 is 0 Å². The molecule has 0 aliphatic heterocycles. The third kappa shape index (κ3) is 4.69. The molecule has 2 rings (SSSR count). The van der Waals surface area contributed by atoms with E-state index >= 15 is 0 Å². The third-order valence-electron chi connectivity index (χ3n) is 4.03. The van der Waals surface area contributed by atoms with E-state index < -0.39 is 10.0 Å². The molecule has 118 valence electrons. The first-order valence-electron chi connectivity index (χ1n) is 7.37. The number of hydrogen-bond acceptors (Lipinski definition) is 4. The fourth-order valence-corrected chi connectivity index (χ4v) is 4.37. The normalized spacial score (nSPS) is 23.0. The molecule has 0 aromatic heterocycles. The highest BCUT2D eigenvalue weighted by atomic mass is 32.2. The zero-order valence-corrected chi connectivity index (χ0v) is 13.2. The van der Waals surface area contributed by atoms with Gasteiger partial charge in [-0.1, -0.05) is 25.0 Å². The molecule has 1 fully saturated rings. The number of methoxy groups -OCH3 is 1. The molecule has 0 radical (unpaired) electrons. The van der Waals surface area contributed by atoms with Gasteiger partial charge in [0.2, 0.25) is 10.0 Å². The molecule has 0 unspecified atom stereocenters. The molecular formula is C15H24N2O3S. The van der Waals surface area contributed by atoms with Gasteiger partial charge < -0.3 is 10.5 Å². The minimum absolute atomic E-state index is 0.0284. The van der Waals surface area contributed by atoms with Gasteiger partial charge in [0.15, 0.2) is 0 Å². The standard InChI is InChI=1S/C15H24N2O3S/c1-20-14-7-4-5-12(9-14)11-21(18,19)17-15-8-3-2-6-13(15)10-16/h4-5,7,9,13,15,17H,2-3,6,8,10-11,16H2,1H3/t13-,15+/m0/s1. The average molecular weight is 312 g/mol. The number of rotatable bonds is 6. The summed E-state index contributed by atoms with van der Waals surface area (Å²) < 4.78 is 32.6. The van der Waals surface area contributed by atoms with Crippen LogP contribution in [-0.4, -0.2) is 28.1 Å². The summed E-state index contributed by atoms with van der Waals surface area (Å²) in [7, 11) is -1.79. The highest BCUT2D eigenvalue weighted by Gasteiger charge is 2.27. The highest BCUT2D eigenvalue weighted by molar-refractivity contribution is 7.88. The molecule has 5 nitrogen and oxygen atoms in total. The lowest BCUT2D eigenvalue weighted by molar-refractivity contribution is 0.296. The highest BCUT2D eigenvalue weighted by Crippen LogP contribution is 2.24. The van der Waals surface area contributed by atoms with E-state index in [1.807, 2.05) is 0 Å². The number of ether oxygens (including phenoxy) is 1. The Morgan fingerprint density at radius 3 is 2.81 bits per heavy atom. The van der Waals surface area contributed by atoms with Crippen molar-refractivity contribution in [2.75, 3.05) is 13.7 Å². The lowest BCUT2D eigenvalue weighted by Gasteiger charge is -2.31. The van der Waals surface area contributed by atoms with Gasteiger partial charge in [0.05, 0.1) is 12.9 Å².